The van der Waals surface area contributed by atoms with E-state index in [1.165, 1.54) is 24.0 Å². The van der Waals surface area contributed by atoms with Crippen molar-refractivity contribution in [1.82, 2.24) is 5.32 Å². The lowest BCUT2D eigenvalue weighted by Crippen LogP contribution is -2.23. The standard InChI is InChI=1S/C16H25NO2/c1-4-6-12-10-16(19-3)13(11-15(12)18-2)9-14-7-5-8-17-14/h10-11,14,17H,4-9H2,1-3H3. The van der Waals surface area contributed by atoms with Gasteiger partial charge in [-0.3, -0.25) is 0 Å². The fourth-order valence-corrected chi connectivity index (χ4v) is 2.84. The van der Waals surface area contributed by atoms with E-state index in [0.29, 0.717) is 6.04 Å². The Morgan fingerprint density at radius 3 is 2.42 bits per heavy atom. The number of hydrogen-bond donors (Lipinski definition) is 1. The van der Waals surface area contributed by atoms with Crippen molar-refractivity contribution < 1.29 is 9.47 Å². The van der Waals surface area contributed by atoms with Crippen LogP contribution >= 0.6 is 0 Å². The molecule has 0 spiro atoms. The van der Waals surface area contributed by atoms with E-state index in [2.05, 4.69) is 24.4 Å². The van der Waals surface area contributed by atoms with Gasteiger partial charge in [0.25, 0.3) is 0 Å². The molecule has 1 aliphatic rings. The molecule has 1 aliphatic heterocycles. The summed E-state index contributed by atoms with van der Waals surface area (Å²) in [6.07, 6.45) is 5.69. The van der Waals surface area contributed by atoms with E-state index in [1.54, 1.807) is 14.2 Å². The number of benzene rings is 1. The van der Waals surface area contributed by atoms with Gasteiger partial charge in [-0.15, -0.1) is 0 Å². The van der Waals surface area contributed by atoms with Gasteiger partial charge in [0.15, 0.2) is 0 Å². The Labute approximate surface area is 116 Å². The fourth-order valence-electron chi connectivity index (χ4n) is 2.84. The van der Waals surface area contributed by atoms with Crippen LogP contribution in [0.15, 0.2) is 12.1 Å². The molecule has 2 rings (SSSR count). The maximum absolute atomic E-state index is 5.56. The molecule has 1 aromatic rings. The lowest BCUT2D eigenvalue weighted by Gasteiger charge is -2.17. The second-order valence-electron chi connectivity index (χ2n) is 5.22. The van der Waals surface area contributed by atoms with Crippen LogP contribution in [0.4, 0.5) is 0 Å². The van der Waals surface area contributed by atoms with Crippen LogP contribution in [0.25, 0.3) is 0 Å². The zero-order valence-electron chi connectivity index (χ0n) is 12.3. The normalized spacial score (nSPS) is 18.6. The third kappa shape index (κ3) is 3.41. The van der Waals surface area contributed by atoms with Gasteiger partial charge in [-0.2, -0.15) is 0 Å². The first-order chi connectivity index (χ1) is 9.28. The van der Waals surface area contributed by atoms with Crippen molar-refractivity contribution in [3.8, 4) is 11.5 Å². The van der Waals surface area contributed by atoms with Crippen LogP contribution in [0.3, 0.4) is 0 Å². The van der Waals surface area contributed by atoms with Gasteiger partial charge in [0.2, 0.25) is 0 Å². The van der Waals surface area contributed by atoms with Crippen LogP contribution in [-0.2, 0) is 12.8 Å². The van der Waals surface area contributed by atoms with Crippen LogP contribution in [0.5, 0.6) is 11.5 Å². The van der Waals surface area contributed by atoms with Crippen molar-refractivity contribution in [3.05, 3.63) is 23.3 Å². The number of hydrogen-bond acceptors (Lipinski definition) is 3. The monoisotopic (exact) mass is 263 g/mol. The van der Waals surface area contributed by atoms with Crippen LogP contribution in [0.2, 0.25) is 0 Å². The molecular formula is C16H25NO2. The number of ether oxygens (including phenoxy) is 2. The molecule has 0 radical (unpaired) electrons. The molecule has 0 aliphatic carbocycles. The van der Waals surface area contributed by atoms with Crippen molar-refractivity contribution in [3.63, 3.8) is 0 Å². The van der Waals surface area contributed by atoms with Gasteiger partial charge in [0, 0.05) is 6.04 Å². The summed E-state index contributed by atoms with van der Waals surface area (Å²) in [5.41, 5.74) is 2.49. The summed E-state index contributed by atoms with van der Waals surface area (Å²) in [5, 5.41) is 3.54. The molecule has 1 saturated heterocycles. The number of nitrogens with one attached hydrogen (secondary N) is 1. The summed E-state index contributed by atoms with van der Waals surface area (Å²) in [5.74, 6) is 1.99. The molecule has 1 N–H and O–H groups in total. The second-order valence-corrected chi connectivity index (χ2v) is 5.22. The Morgan fingerprint density at radius 2 is 1.84 bits per heavy atom. The average Bonchev–Trinajstić information content (AvgIpc) is 2.93. The molecule has 3 heteroatoms. The van der Waals surface area contributed by atoms with E-state index in [-0.39, 0.29) is 0 Å². The number of aryl methyl sites for hydroxylation is 1. The van der Waals surface area contributed by atoms with Gasteiger partial charge < -0.3 is 14.8 Å². The van der Waals surface area contributed by atoms with Crippen LogP contribution in [-0.4, -0.2) is 26.8 Å². The van der Waals surface area contributed by atoms with Crippen molar-refractivity contribution >= 4 is 0 Å². The van der Waals surface area contributed by atoms with Gasteiger partial charge in [-0.25, -0.2) is 0 Å². The molecule has 0 saturated carbocycles. The Morgan fingerprint density at radius 1 is 1.16 bits per heavy atom. The molecule has 0 amide bonds. The molecule has 0 bridgehead atoms. The van der Waals surface area contributed by atoms with Gasteiger partial charge in [-0.05, 0) is 55.5 Å². The van der Waals surface area contributed by atoms with E-state index in [1.807, 2.05) is 0 Å². The predicted octanol–water partition coefficient (Wildman–Crippen LogP) is 2.95. The summed E-state index contributed by atoms with van der Waals surface area (Å²) in [7, 11) is 3.50. The highest BCUT2D eigenvalue weighted by molar-refractivity contribution is 5.47. The van der Waals surface area contributed by atoms with Crippen molar-refractivity contribution in [1.29, 1.82) is 0 Å². The highest BCUT2D eigenvalue weighted by atomic mass is 16.5. The highest BCUT2D eigenvalue weighted by Gasteiger charge is 2.18. The van der Waals surface area contributed by atoms with E-state index < -0.39 is 0 Å². The first kappa shape index (κ1) is 14.2. The molecular weight excluding hydrogens is 238 g/mol. The summed E-state index contributed by atoms with van der Waals surface area (Å²) >= 11 is 0. The number of methoxy groups -OCH3 is 2. The van der Waals surface area contributed by atoms with Crippen LogP contribution in [0, 0.1) is 0 Å². The van der Waals surface area contributed by atoms with Crippen molar-refractivity contribution in [2.45, 2.75) is 45.1 Å². The zero-order valence-corrected chi connectivity index (χ0v) is 12.3. The molecule has 19 heavy (non-hydrogen) atoms. The molecule has 1 atom stereocenters. The third-order valence-electron chi connectivity index (χ3n) is 3.83. The maximum Gasteiger partial charge on any atom is 0.122 e. The summed E-state index contributed by atoms with van der Waals surface area (Å²) in [6.45, 7) is 3.32. The Bertz CT molecular complexity index is 411. The summed E-state index contributed by atoms with van der Waals surface area (Å²) < 4.78 is 11.1. The Balaban J connectivity index is 2.24. The number of rotatable bonds is 6. The minimum atomic E-state index is 0.579. The largest absolute Gasteiger partial charge is 0.496 e. The SMILES string of the molecule is CCCc1cc(OC)c(CC2CCCN2)cc1OC. The van der Waals surface area contributed by atoms with E-state index in [9.17, 15) is 0 Å². The first-order valence-corrected chi connectivity index (χ1v) is 7.25. The van der Waals surface area contributed by atoms with E-state index in [0.717, 1.165) is 37.3 Å². The second kappa shape index (κ2) is 6.80. The van der Waals surface area contributed by atoms with Crippen molar-refractivity contribution in [2.75, 3.05) is 20.8 Å². The maximum atomic E-state index is 5.56. The molecule has 3 nitrogen and oxygen atoms in total. The van der Waals surface area contributed by atoms with Crippen molar-refractivity contribution in [2.24, 2.45) is 0 Å². The minimum absolute atomic E-state index is 0.579. The highest BCUT2D eigenvalue weighted by Crippen LogP contribution is 2.31. The minimum Gasteiger partial charge on any atom is -0.496 e. The molecule has 0 aromatic heterocycles. The third-order valence-corrected chi connectivity index (χ3v) is 3.83. The smallest absolute Gasteiger partial charge is 0.122 e. The van der Waals surface area contributed by atoms with E-state index >= 15 is 0 Å². The van der Waals surface area contributed by atoms with Gasteiger partial charge in [-0.1, -0.05) is 13.3 Å². The van der Waals surface area contributed by atoms with Crippen LogP contribution in [0.1, 0.15) is 37.3 Å². The van der Waals surface area contributed by atoms with Gasteiger partial charge in [0.05, 0.1) is 14.2 Å². The molecule has 1 aromatic carbocycles. The fraction of sp³-hybridized carbons (Fsp3) is 0.625. The van der Waals surface area contributed by atoms with Crippen LogP contribution < -0.4 is 14.8 Å². The Hall–Kier alpha value is -1.22. The molecule has 1 fully saturated rings. The molecule has 1 heterocycles. The molecule has 106 valence electrons. The molecule has 1 unspecified atom stereocenters. The van der Waals surface area contributed by atoms with Gasteiger partial charge >= 0.3 is 0 Å². The van der Waals surface area contributed by atoms with Gasteiger partial charge in [0.1, 0.15) is 11.5 Å². The lowest BCUT2D eigenvalue weighted by molar-refractivity contribution is 0.392. The lowest BCUT2D eigenvalue weighted by atomic mass is 9.99. The zero-order chi connectivity index (χ0) is 13.7. The van der Waals surface area contributed by atoms with E-state index in [4.69, 9.17) is 9.47 Å². The Kier molecular flexibility index (Phi) is 5.08. The summed E-state index contributed by atoms with van der Waals surface area (Å²) in [4.78, 5) is 0. The predicted molar refractivity (Wildman–Crippen MR) is 78.3 cm³/mol. The summed E-state index contributed by atoms with van der Waals surface area (Å²) in [6, 6.07) is 4.88. The topological polar surface area (TPSA) is 30.5 Å². The first-order valence-electron chi connectivity index (χ1n) is 7.25. The average molecular weight is 263 g/mol. The quantitative estimate of drug-likeness (QED) is 0.856.